The number of halogens is 1. The van der Waals surface area contributed by atoms with Crippen molar-refractivity contribution in [3.8, 4) is 23.0 Å². The molecule has 0 saturated heterocycles. The van der Waals surface area contributed by atoms with Crippen molar-refractivity contribution < 1.29 is 32.2 Å². The summed E-state index contributed by atoms with van der Waals surface area (Å²) in [5.74, 6) is 0.736. The summed E-state index contributed by atoms with van der Waals surface area (Å²) in [4.78, 5) is 12.9. The van der Waals surface area contributed by atoms with Gasteiger partial charge in [0, 0.05) is 10.6 Å². The number of sulfonamides is 1. The number of ether oxygens (including phenoxy) is 4. The highest BCUT2D eigenvalue weighted by molar-refractivity contribution is 7.92. The van der Waals surface area contributed by atoms with Gasteiger partial charge < -0.3 is 18.9 Å². The largest absolute Gasteiger partial charge is 0.495 e. The topological polar surface area (TPSA) is 116 Å². The molecule has 12 heteroatoms. The van der Waals surface area contributed by atoms with Gasteiger partial charge in [-0.25, -0.2) is 13.8 Å². The zero-order valence-corrected chi connectivity index (χ0v) is 23.1. The third-order valence-electron chi connectivity index (χ3n) is 5.40. The van der Waals surface area contributed by atoms with Gasteiger partial charge in [-0.2, -0.15) is 5.10 Å². The van der Waals surface area contributed by atoms with Crippen molar-refractivity contribution in [2.45, 2.75) is 11.8 Å². The van der Waals surface area contributed by atoms with Crippen LogP contribution in [-0.2, 0) is 14.8 Å². The Morgan fingerprint density at radius 1 is 0.921 bits per heavy atom. The molecule has 0 heterocycles. The molecule has 0 aliphatic heterocycles. The summed E-state index contributed by atoms with van der Waals surface area (Å²) in [7, 11) is 1.66. The molecule has 0 fully saturated rings. The number of anilines is 1. The van der Waals surface area contributed by atoms with Crippen molar-refractivity contribution in [2.24, 2.45) is 5.10 Å². The average molecular weight is 562 g/mol. The Hall–Kier alpha value is -3.96. The van der Waals surface area contributed by atoms with Gasteiger partial charge in [0.25, 0.3) is 15.9 Å². The van der Waals surface area contributed by atoms with Gasteiger partial charge in [0.1, 0.15) is 12.3 Å². The molecule has 0 aromatic heterocycles. The molecule has 0 aliphatic carbocycles. The van der Waals surface area contributed by atoms with E-state index in [1.807, 2.05) is 6.92 Å². The second kappa shape index (κ2) is 12.5. The smallest absolute Gasteiger partial charge is 0.264 e. The number of amides is 1. The summed E-state index contributed by atoms with van der Waals surface area (Å²) in [6, 6.07) is 14.1. The molecule has 0 bridgehead atoms. The normalized spacial score (nSPS) is 11.2. The first-order chi connectivity index (χ1) is 18.1. The summed E-state index contributed by atoms with van der Waals surface area (Å²) < 4.78 is 49.5. The van der Waals surface area contributed by atoms with Crippen molar-refractivity contribution in [1.29, 1.82) is 0 Å². The lowest BCUT2D eigenvalue weighted by Crippen LogP contribution is -2.39. The number of hydrogen-bond donors (Lipinski definition) is 1. The fourth-order valence-corrected chi connectivity index (χ4v) is 5.11. The molecule has 38 heavy (non-hydrogen) atoms. The number of hydrogen-bond acceptors (Lipinski definition) is 8. The van der Waals surface area contributed by atoms with Crippen LogP contribution >= 0.6 is 11.6 Å². The first-order valence-electron chi connectivity index (χ1n) is 11.2. The van der Waals surface area contributed by atoms with E-state index in [2.05, 4.69) is 10.5 Å². The average Bonchev–Trinajstić information content (AvgIpc) is 2.91. The molecule has 3 aromatic rings. The molecule has 0 saturated carbocycles. The van der Waals surface area contributed by atoms with Crippen LogP contribution in [0.25, 0.3) is 0 Å². The van der Waals surface area contributed by atoms with Crippen LogP contribution in [0.15, 0.2) is 64.6 Å². The Morgan fingerprint density at radius 2 is 1.53 bits per heavy atom. The van der Waals surface area contributed by atoms with Crippen LogP contribution < -0.4 is 28.7 Å². The molecule has 0 unspecified atom stereocenters. The van der Waals surface area contributed by atoms with E-state index in [0.717, 1.165) is 9.87 Å². The minimum Gasteiger partial charge on any atom is -0.495 e. The maximum Gasteiger partial charge on any atom is 0.264 e. The number of nitrogens with one attached hydrogen (secondary N) is 1. The van der Waals surface area contributed by atoms with E-state index < -0.39 is 22.5 Å². The lowest BCUT2D eigenvalue weighted by molar-refractivity contribution is -0.119. The van der Waals surface area contributed by atoms with Gasteiger partial charge in [0.15, 0.2) is 11.5 Å². The number of hydrazone groups is 1. The molecule has 1 amide bonds. The van der Waals surface area contributed by atoms with E-state index >= 15 is 0 Å². The number of rotatable bonds is 11. The van der Waals surface area contributed by atoms with E-state index in [0.29, 0.717) is 22.8 Å². The quantitative estimate of drug-likeness (QED) is 0.277. The monoisotopic (exact) mass is 561 g/mol. The number of benzene rings is 3. The van der Waals surface area contributed by atoms with Crippen molar-refractivity contribution >= 4 is 39.4 Å². The van der Waals surface area contributed by atoms with Crippen LogP contribution in [0.2, 0.25) is 5.02 Å². The zero-order valence-electron chi connectivity index (χ0n) is 21.5. The van der Waals surface area contributed by atoms with Gasteiger partial charge in [-0.1, -0.05) is 29.3 Å². The fraction of sp³-hybridized carbons (Fsp3) is 0.231. The molecule has 10 nitrogen and oxygen atoms in total. The van der Waals surface area contributed by atoms with E-state index in [1.165, 1.54) is 58.9 Å². The van der Waals surface area contributed by atoms with Gasteiger partial charge >= 0.3 is 0 Å². The number of methoxy groups -OCH3 is 4. The van der Waals surface area contributed by atoms with Crippen molar-refractivity contribution in [1.82, 2.24) is 5.43 Å². The van der Waals surface area contributed by atoms with Crippen LogP contribution in [0.5, 0.6) is 23.0 Å². The maximum absolute atomic E-state index is 13.6. The molecular formula is C26H28ClN3O7S. The lowest BCUT2D eigenvalue weighted by atomic mass is 10.2. The van der Waals surface area contributed by atoms with E-state index in [-0.39, 0.29) is 21.4 Å². The highest BCUT2D eigenvalue weighted by Crippen LogP contribution is 2.38. The van der Waals surface area contributed by atoms with Crippen LogP contribution in [0.3, 0.4) is 0 Å². The Labute approximate surface area is 226 Å². The third-order valence-corrected chi connectivity index (χ3v) is 7.40. The summed E-state index contributed by atoms with van der Waals surface area (Å²) in [5, 5.41) is 4.24. The number of aryl methyl sites for hydroxylation is 1. The number of nitrogens with zero attached hydrogens (tertiary/aromatic N) is 2. The van der Waals surface area contributed by atoms with Crippen LogP contribution in [0, 0.1) is 6.92 Å². The summed E-state index contributed by atoms with van der Waals surface area (Å²) in [6.45, 7) is 1.24. The van der Waals surface area contributed by atoms with Crippen LogP contribution in [-0.4, -0.2) is 55.5 Å². The maximum atomic E-state index is 13.6. The van der Waals surface area contributed by atoms with Gasteiger partial charge in [-0.05, 0) is 49.4 Å². The number of carbonyl (C=O) groups excluding carboxylic acids is 1. The Morgan fingerprint density at radius 3 is 2.08 bits per heavy atom. The van der Waals surface area contributed by atoms with Crippen LogP contribution in [0.1, 0.15) is 11.1 Å². The van der Waals surface area contributed by atoms with E-state index in [4.69, 9.17) is 30.5 Å². The highest BCUT2D eigenvalue weighted by Gasteiger charge is 2.29. The molecule has 3 rings (SSSR count). The zero-order chi connectivity index (χ0) is 27.9. The molecular weight excluding hydrogens is 534 g/mol. The molecule has 0 atom stereocenters. The van der Waals surface area contributed by atoms with Gasteiger partial charge in [-0.15, -0.1) is 0 Å². The third kappa shape index (κ3) is 6.48. The van der Waals surface area contributed by atoms with Gasteiger partial charge in [0.2, 0.25) is 5.75 Å². The second-order valence-electron chi connectivity index (χ2n) is 7.89. The SMILES string of the molecule is COc1ccc(Cl)cc1N(CC(=O)N/N=C/c1cc(OC)c(OC)c(OC)c1)S(=O)(=O)c1ccc(C)cc1. The fourth-order valence-electron chi connectivity index (χ4n) is 3.52. The van der Waals surface area contributed by atoms with Crippen molar-refractivity contribution in [3.63, 3.8) is 0 Å². The standard InChI is InChI=1S/C26H28ClN3O7S/c1-17-6-9-20(10-7-17)38(32,33)30(21-14-19(27)8-11-22(21)34-2)16-25(31)29-28-15-18-12-23(35-3)26(37-5)24(13-18)36-4/h6-15H,16H2,1-5H3,(H,29,31)/b28-15+. The Bertz CT molecular complexity index is 1400. The molecule has 3 aromatic carbocycles. The lowest BCUT2D eigenvalue weighted by Gasteiger charge is -2.25. The summed E-state index contributed by atoms with van der Waals surface area (Å²) >= 11 is 6.16. The Balaban J connectivity index is 1.91. The summed E-state index contributed by atoms with van der Waals surface area (Å²) in [5.41, 5.74) is 3.88. The van der Waals surface area contributed by atoms with Crippen LogP contribution in [0.4, 0.5) is 5.69 Å². The van der Waals surface area contributed by atoms with E-state index in [1.54, 1.807) is 30.3 Å². The summed E-state index contributed by atoms with van der Waals surface area (Å²) in [6.07, 6.45) is 1.36. The predicted molar refractivity (Wildman–Crippen MR) is 146 cm³/mol. The highest BCUT2D eigenvalue weighted by atomic mass is 35.5. The molecule has 0 radical (unpaired) electrons. The molecule has 0 spiro atoms. The second-order valence-corrected chi connectivity index (χ2v) is 10.2. The minimum atomic E-state index is -4.18. The number of carbonyl (C=O) groups is 1. The molecule has 1 N–H and O–H groups in total. The minimum absolute atomic E-state index is 0.00106. The first-order valence-corrected chi connectivity index (χ1v) is 13.0. The van der Waals surface area contributed by atoms with Gasteiger partial charge in [-0.3, -0.25) is 9.10 Å². The van der Waals surface area contributed by atoms with Gasteiger partial charge in [0.05, 0.1) is 45.2 Å². The molecule has 202 valence electrons. The van der Waals surface area contributed by atoms with Crippen molar-refractivity contribution in [2.75, 3.05) is 39.3 Å². The Kier molecular flexibility index (Phi) is 9.43. The van der Waals surface area contributed by atoms with Crippen molar-refractivity contribution in [3.05, 3.63) is 70.7 Å². The molecule has 0 aliphatic rings. The van der Waals surface area contributed by atoms with E-state index in [9.17, 15) is 13.2 Å². The first kappa shape index (κ1) is 28.6. The predicted octanol–water partition coefficient (Wildman–Crippen LogP) is 4.03.